The molecule has 0 bridgehead atoms. The van der Waals surface area contributed by atoms with Crippen LogP contribution in [0.25, 0.3) is 0 Å². The Morgan fingerprint density at radius 1 is 1.41 bits per heavy atom. The maximum Gasteiger partial charge on any atom is 0.264 e. The Kier molecular flexibility index (Phi) is 6.70. The number of carbonyl (C=O) groups is 1. The van der Waals surface area contributed by atoms with Crippen LogP contribution in [-0.4, -0.2) is 47.7 Å². The van der Waals surface area contributed by atoms with Gasteiger partial charge in [0.15, 0.2) is 11.7 Å². The molecule has 1 fully saturated rings. The summed E-state index contributed by atoms with van der Waals surface area (Å²) in [6, 6.07) is 5.30. The number of rotatable bonds is 6. The van der Waals surface area contributed by atoms with Gasteiger partial charge in [-0.15, -0.1) is 11.3 Å². The first-order valence-electron chi connectivity index (χ1n) is 8.90. The lowest BCUT2D eigenvalue weighted by Gasteiger charge is -2.34. The van der Waals surface area contributed by atoms with Gasteiger partial charge in [-0.05, 0) is 44.5 Å². The molecule has 1 aliphatic heterocycles. The predicted octanol–water partition coefficient (Wildman–Crippen LogP) is 3.73. The molecule has 1 aromatic carbocycles. The molecule has 2 heterocycles. The molecule has 0 saturated carbocycles. The Hall–Kier alpha value is -1.67. The average Bonchev–Trinajstić information content (AvgIpc) is 3.00. The van der Waals surface area contributed by atoms with E-state index < -0.39 is 0 Å². The molecule has 0 spiro atoms. The third-order valence-corrected chi connectivity index (χ3v) is 5.22. The van der Waals surface area contributed by atoms with Crippen LogP contribution in [0.5, 0.6) is 5.75 Å². The van der Waals surface area contributed by atoms with Gasteiger partial charge in [0.2, 0.25) is 0 Å². The summed E-state index contributed by atoms with van der Waals surface area (Å²) in [6.45, 7) is 8.51. The number of nitrogens with zero attached hydrogens (tertiary/aromatic N) is 2. The molecule has 0 unspecified atom stereocenters. The van der Waals surface area contributed by atoms with E-state index in [2.05, 4.69) is 29.0 Å². The number of halogens is 1. The van der Waals surface area contributed by atoms with E-state index in [9.17, 15) is 4.79 Å². The van der Waals surface area contributed by atoms with Crippen molar-refractivity contribution in [2.75, 3.05) is 25.0 Å². The fourth-order valence-corrected chi connectivity index (χ4v) is 4.10. The second-order valence-electron chi connectivity index (χ2n) is 6.84. The number of morpholine rings is 1. The van der Waals surface area contributed by atoms with Crippen LogP contribution in [0.2, 0.25) is 5.02 Å². The van der Waals surface area contributed by atoms with Gasteiger partial charge in [0, 0.05) is 30.0 Å². The molecular formula is C19H24ClN3O3S. The largest absolute Gasteiger partial charge is 0.483 e. The number of hydrogen-bond acceptors (Lipinski definition) is 6. The lowest BCUT2D eigenvalue weighted by atomic mass is 10.2. The van der Waals surface area contributed by atoms with Gasteiger partial charge >= 0.3 is 0 Å². The van der Waals surface area contributed by atoms with Crippen LogP contribution in [0.1, 0.15) is 25.1 Å². The highest BCUT2D eigenvalue weighted by Gasteiger charge is 2.22. The Bertz CT molecular complexity index is 788. The van der Waals surface area contributed by atoms with Crippen molar-refractivity contribution in [2.24, 2.45) is 0 Å². The van der Waals surface area contributed by atoms with Gasteiger partial charge < -0.3 is 9.47 Å². The molecule has 27 heavy (non-hydrogen) atoms. The van der Waals surface area contributed by atoms with Gasteiger partial charge in [-0.25, -0.2) is 4.98 Å². The summed E-state index contributed by atoms with van der Waals surface area (Å²) in [5, 5.41) is 6.00. The molecule has 8 heteroatoms. The van der Waals surface area contributed by atoms with Crippen molar-refractivity contribution in [2.45, 2.75) is 39.5 Å². The van der Waals surface area contributed by atoms with E-state index in [0.29, 0.717) is 15.9 Å². The van der Waals surface area contributed by atoms with Crippen molar-refractivity contribution in [3.63, 3.8) is 0 Å². The molecule has 1 aromatic heterocycles. The van der Waals surface area contributed by atoms with Gasteiger partial charge in [-0.3, -0.25) is 15.0 Å². The van der Waals surface area contributed by atoms with E-state index in [4.69, 9.17) is 21.1 Å². The SMILES string of the molecule is Cc1cc(Cl)ccc1OCC(=O)Nc1nc(CN2C[C@@H](C)O[C@H](C)C2)cs1. The van der Waals surface area contributed by atoms with Crippen molar-refractivity contribution in [1.29, 1.82) is 0 Å². The summed E-state index contributed by atoms with van der Waals surface area (Å²) in [5.41, 5.74) is 1.84. The smallest absolute Gasteiger partial charge is 0.264 e. The lowest BCUT2D eigenvalue weighted by molar-refractivity contribution is -0.118. The van der Waals surface area contributed by atoms with E-state index in [1.807, 2.05) is 12.3 Å². The zero-order valence-corrected chi connectivity index (χ0v) is 17.3. The normalized spacial score (nSPS) is 20.4. The molecule has 2 atom stereocenters. The molecular weight excluding hydrogens is 386 g/mol. The van der Waals surface area contributed by atoms with Gasteiger partial charge in [0.05, 0.1) is 17.9 Å². The zero-order chi connectivity index (χ0) is 19.4. The monoisotopic (exact) mass is 409 g/mol. The van der Waals surface area contributed by atoms with Crippen LogP contribution in [0.4, 0.5) is 5.13 Å². The number of ether oxygens (including phenoxy) is 2. The van der Waals surface area contributed by atoms with E-state index in [-0.39, 0.29) is 24.7 Å². The maximum atomic E-state index is 12.1. The molecule has 2 aromatic rings. The van der Waals surface area contributed by atoms with Crippen LogP contribution in [0, 0.1) is 6.92 Å². The summed E-state index contributed by atoms with van der Waals surface area (Å²) < 4.78 is 11.3. The number of carbonyl (C=O) groups excluding carboxylic acids is 1. The average molecular weight is 410 g/mol. The summed E-state index contributed by atoms with van der Waals surface area (Å²) >= 11 is 7.34. The molecule has 1 saturated heterocycles. The fraction of sp³-hybridized carbons (Fsp3) is 0.474. The molecule has 6 nitrogen and oxygen atoms in total. The Morgan fingerprint density at radius 3 is 2.85 bits per heavy atom. The van der Waals surface area contributed by atoms with E-state index in [0.717, 1.165) is 30.9 Å². The van der Waals surface area contributed by atoms with Gasteiger partial charge in [-0.2, -0.15) is 0 Å². The number of hydrogen-bond donors (Lipinski definition) is 1. The summed E-state index contributed by atoms with van der Waals surface area (Å²) in [7, 11) is 0. The number of aromatic nitrogens is 1. The highest BCUT2D eigenvalue weighted by molar-refractivity contribution is 7.13. The highest BCUT2D eigenvalue weighted by Crippen LogP contribution is 2.22. The standard InChI is InChI=1S/C19H24ClN3O3S/c1-12-6-15(20)4-5-17(12)25-10-18(24)22-19-21-16(11-27-19)9-23-7-13(2)26-14(3)8-23/h4-6,11,13-14H,7-10H2,1-3H3,(H,21,22,24)/t13-,14-/m1/s1. The van der Waals surface area contributed by atoms with Gasteiger partial charge in [0.25, 0.3) is 5.91 Å². The molecule has 1 amide bonds. The maximum absolute atomic E-state index is 12.1. The molecule has 0 radical (unpaired) electrons. The Balaban J connectivity index is 1.49. The van der Waals surface area contributed by atoms with Crippen LogP contribution < -0.4 is 10.1 Å². The second-order valence-corrected chi connectivity index (χ2v) is 8.14. The summed E-state index contributed by atoms with van der Waals surface area (Å²) in [5.74, 6) is 0.406. The molecule has 0 aliphatic carbocycles. The minimum absolute atomic E-state index is 0.0735. The van der Waals surface area contributed by atoms with Crippen molar-refractivity contribution < 1.29 is 14.3 Å². The number of benzene rings is 1. The van der Waals surface area contributed by atoms with E-state index in [1.165, 1.54) is 11.3 Å². The number of anilines is 1. The molecule has 1 N–H and O–H groups in total. The van der Waals surface area contributed by atoms with Crippen molar-refractivity contribution in [1.82, 2.24) is 9.88 Å². The van der Waals surface area contributed by atoms with E-state index in [1.54, 1.807) is 18.2 Å². The minimum atomic E-state index is -0.237. The van der Waals surface area contributed by atoms with Gasteiger partial charge in [-0.1, -0.05) is 11.6 Å². The van der Waals surface area contributed by atoms with Crippen molar-refractivity contribution >= 4 is 34.0 Å². The first-order chi connectivity index (χ1) is 12.9. The van der Waals surface area contributed by atoms with Crippen molar-refractivity contribution in [3.05, 3.63) is 39.9 Å². The Labute approximate surface area is 168 Å². The summed E-state index contributed by atoms with van der Waals surface area (Å²) in [4.78, 5) is 19.0. The highest BCUT2D eigenvalue weighted by atomic mass is 35.5. The minimum Gasteiger partial charge on any atom is -0.483 e. The molecule has 1 aliphatic rings. The van der Waals surface area contributed by atoms with Gasteiger partial charge in [0.1, 0.15) is 5.75 Å². The van der Waals surface area contributed by atoms with E-state index >= 15 is 0 Å². The first-order valence-corrected chi connectivity index (χ1v) is 10.2. The summed E-state index contributed by atoms with van der Waals surface area (Å²) in [6.07, 6.45) is 0.445. The van der Waals surface area contributed by atoms with Crippen LogP contribution in [0.15, 0.2) is 23.6 Å². The second kappa shape index (κ2) is 9.01. The lowest BCUT2D eigenvalue weighted by Crippen LogP contribution is -2.44. The van der Waals surface area contributed by atoms with Crippen molar-refractivity contribution in [3.8, 4) is 5.75 Å². The number of thiazole rings is 1. The zero-order valence-electron chi connectivity index (χ0n) is 15.7. The fourth-order valence-electron chi connectivity index (χ4n) is 3.15. The predicted molar refractivity (Wildman–Crippen MR) is 108 cm³/mol. The van der Waals surface area contributed by atoms with Crippen LogP contribution in [0.3, 0.4) is 0 Å². The quantitative estimate of drug-likeness (QED) is 0.787. The molecule has 3 rings (SSSR count). The number of amides is 1. The van der Waals surface area contributed by atoms with Crippen LogP contribution >= 0.6 is 22.9 Å². The Morgan fingerprint density at radius 2 is 2.15 bits per heavy atom. The number of nitrogens with one attached hydrogen (secondary N) is 1. The third kappa shape index (κ3) is 5.90. The topological polar surface area (TPSA) is 63.7 Å². The number of aryl methyl sites for hydroxylation is 1. The van der Waals surface area contributed by atoms with Crippen LogP contribution in [-0.2, 0) is 16.1 Å². The first kappa shape index (κ1) is 20.1. The molecule has 146 valence electrons. The third-order valence-electron chi connectivity index (χ3n) is 4.17.